The SMILES string of the molecule is COC(=O)[C@H]1C(=O)NC(N2CCN(c3ccccc3F)CC2)=N[C@H]1c1ccccc1. The molecule has 1 saturated heterocycles. The van der Waals surface area contributed by atoms with Crippen molar-refractivity contribution in [2.24, 2.45) is 10.9 Å². The average Bonchev–Trinajstić information content (AvgIpc) is 2.79. The molecule has 1 N–H and O–H groups in total. The smallest absolute Gasteiger partial charge is 0.320 e. The fraction of sp³-hybridized carbons (Fsp3) is 0.318. The van der Waals surface area contributed by atoms with E-state index in [9.17, 15) is 14.0 Å². The molecule has 2 aliphatic heterocycles. The van der Waals surface area contributed by atoms with Gasteiger partial charge in [0.05, 0.1) is 12.8 Å². The van der Waals surface area contributed by atoms with Crippen LogP contribution in [0.25, 0.3) is 0 Å². The van der Waals surface area contributed by atoms with Crippen LogP contribution in [0.4, 0.5) is 10.1 Å². The number of aliphatic imine (C=N–C) groups is 1. The van der Waals surface area contributed by atoms with Crippen molar-refractivity contribution in [3.05, 3.63) is 66.0 Å². The first-order valence-electron chi connectivity index (χ1n) is 9.84. The maximum Gasteiger partial charge on any atom is 0.320 e. The second-order valence-corrected chi connectivity index (χ2v) is 7.22. The summed E-state index contributed by atoms with van der Waals surface area (Å²) in [6.45, 7) is 2.31. The van der Waals surface area contributed by atoms with E-state index in [1.807, 2.05) is 46.2 Å². The highest BCUT2D eigenvalue weighted by molar-refractivity contribution is 6.08. The fourth-order valence-corrected chi connectivity index (χ4v) is 3.88. The van der Waals surface area contributed by atoms with Crippen LogP contribution in [0, 0.1) is 11.7 Å². The van der Waals surface area contributed by atoms with Gasteiger partial charge in [-0.05, 0) is 17.7 Å². The van der Waals surface area contributed by atoms with E-state index in [1.165, 1.54) is 13.2 Å². The molecule has 4 rings (SSSR count). The summed E-state index contributed by atoms with van der Waals surface area (Å²) < 4.78 is 18.9. The third-order valence-electron chi connectivity index (χ3n) is 5.46. The third-order valence-corrected chi connectivity index (χ3v) is 5.46. The van der Waals surface area contributed by atoms with Crippen molar-refractivity contribution in [1.29, 1.82) is 0 Å². The Balaban J connectivity index is 1.55. The van der Waals surface area contributed by atoms with E-state index in [1.54, 1.807) is 12.1 Å². The molecular formula is C22H23FN4O3. The Hall–Kier alpha value is -3.42. The Morgan fingerprint density at radius 3 is 2.33 bits per heavy atom. The van der Waals surface area contributed by atoms with Crippen molar-refractivity contribution in [2.75, 3.05) is 38.2 Å². The topological polar surface area (TPSA) is 74.2 Å². The molecule has 1 fully saturated rings. The Labute approximate surface area is 174 Å². The molecule has 8 heteroatoms. The Bertz CT molecular complexity index is 958. The van der Waals surface area contributed by atoms with Gasteiger partial charge in [0.1, 0.15) is 11.9 Å². The molecule has 0 aromatic heterocycles. The standard InChI is InChI=1S/C22H23FN4O3/c1-30-21(29)18-19(15-7-3-2-4-8-15)24-22(25-20(18)28)27-13-11-26(12-14-27)17-10-6-5-9-16(17)23/h2-10,18-19H,11-14H2,1H3,(H,24,25,28)/t18-,19+/m1/s1. The van der Waals surface area contributed by atoms with Crippen LogP contribution in [-0.2, 0) is 14.3 Å². The summed E-state index contributed by atoms with van der Waals surface area (Å²) >= 11 is 0. The van der Waals surface area contributed by atoms with E-state index in [-0.39, 0.29) is 5.82 Å². The lowest BCUT2D eigenvalue weighted by Gasteiger charge is -2.39. The number of esters is 1. The predicted octanol–water partition coefficient (Wildman–Crippen LogP) is 1.96. The van der Waals surface area contributed by atoms with E-state index in [0.29, 0.717) is 37.8 Å². The van der Waals surface area contributed by atoms with Crippen LogP contribution in [0.3, 0.4) is 0 Å². The first kappa shape index (κ1) is 19.9. The summed E-state index contributed by atoms with van der Waals surface area (Å²) in [6.07, 6.45) is 0. The maximum absolute atomic E-state index is 14.1. The number of amides is 1. The number of halogens is 1. The zero-order chi connectivity index (χ0) is 21.1. The Morgan fingerprint density at radius 1 is 1.03 bits per heavy atom. The molecular weight excluding hydrogens is 387 g/mol. The molecule has 2 aromatic carbocycles. The number of nitrogens with zero attached hydrogens (tertiary/aromatic N) is 3. The van der Waals surface area contributed by atoms with Crippen molar-refractivity contribution in [2.45, 2.75) is 6.04 Å². The minimum absolute atomic E-state index is 0.251. The summed E-state index contributed by atoms with van der Waals surface area (Å²) in [5.41, 5.74) is 1.34. The number of rotatable bonds is 3. The number of nitrogens with one attached hydrogen (secondary N) is 1. The van der Waals surface area contributed by atoms with Crippen molar-refractivity contribution in [1.82, 2.24) is 10.2 Å². The third kappa shape index (κ3) is 3.85. The van der Waals surface area contributed by atoms with Gasteiger partial charge in [-0.2, -0.15) is 0 Å². The molecule has 0 unspecified atom stereocenters. The number of methoxy groups -OCH3 is 1. The van der Waals surface area contributed by atoms with Crippen LogP contribution in [0.1, 0.15) is 11.6 Å². The van der Waals surface area contributed by atoms with Gasteiger partial charge in [-0.25, -0.2) is 9.38 Å². The number of benzene rings is 2. The molecule has 2 atom stereocenters. The molecule has 156 valence electrons. The lowest BCUT2D eigenvalue weighted by atomic mass is 9.91. The van der Waals surface area contributed by atoms with Gasteiger partial charge in [0.15, 0.2) is 5.92 Å². The van der Waals surface area contributed by atoms with Crippen LogP contribution in [-0.4, -0.2) is 56.0 Å². The van der Waals surface area contributed by atoms with Crippen LogP contribution in [0.5, 0.6) is 0 Å². The molecule has 0 saturated carbocycles. The van der Waals surface area contributed by atoms with Crippen molar-refractivity contribution in [3.8, 4) is 0 Å². The number of anilines is 1. The number of carbonyl (C=O) groups excluding carboxylic acids is 2. The van der Waals surface area contributed by atoms with Gasteiger partial charge in [-0.3, -0.25) is 14.9 Å². The molecule has 1 amide bonds. The molecule has 0 aliphatic carbocycles. The number of piperazine rings is 1. The summed E-state index contributed by atoms with van der Waals surface area (Å²) in [5.74, 6) is -1.91. The van der Waals surface area contributed by atoms with Gasteiger partial charge in [0.2, 0.25) is 11.9 Å². The molecule has 30 heavy (non-hydrogen) atoms. The number of carbonyl (C=O) groups is 2. The number of hydrogen-bond donors (Lipinski definition) is 1. The van der Waals surface area contributed by atoms with Crippen molar-refractivity contribution >= 4 is 23.5 Å². The van der Waals surface area contributed by atoms with Crippen molar-refractivity contribution < 1.29 is 18.7 Å². The van der Waals surface area contributed by atoms with E-state index in [4.69, 9.17) is 9.73 Å². The van der Waals surface area contributed by atoms with Gasteiger partial charge in [0, 0.05) is 26.2 Å². The van der Waals surface area contributed by atoms with Gasteiger partial charge < -0.3 is 14.5 Å². The lowest BCUT2D eigenvalue weighted by molar-refractivity contribution is -0.151. The van der Waals surface area contributed by atoms with Gasteiger partial charge in [-0.1, -0.05) is 42.5 Å². The number of ether oxygens (including phenoxy) is 1. The van der Waals surface area contributed by atoms with E-state index < -0.39 is 23.8 Å². The minimum Gasteiger partial charge on any atom is -0.468 e. The average molecular weight is 410 g/mol. The molecule has 7 nitrogen and oxygen atoms in total. The zero-order valence-electron chi connectivity index (χ0n) is 16.6. The van der Waals surface area contributed by atoms with Crippen LogP contribution >= 0.6 is 0 Å². The van der Waals surface area contributed by atoms with E-state index in [2.05, 4.69) is 5.32 Å². The van der Waals surface area contributed by atoms with Gasteiger partial charge >= 0.3 is 5.97 Å². The molecule has 2 aromatic rings. The monoisotopic (exact) mass is 410 g/mol. The second-order valence-electron chi connectivity index (χ2n) is 7.22. The largest absolute Gasteiger partial charge is 0.468 e. The summed E-state index contributed by atoms with van der Waals surface area (Å²) in [7, 11) is 1.26. The van der Waals surface area contributed by atoms with Gasteiger partial charge in [-0.15, -0.1) is 0 Å². The molecule has 0 bridgehead atoms. The predicted molar refractivity (Wildman–Crippen MR) is 110 cm³/mol. The van der Waals surface area contributed by atoms with Crippen LogP contribution in [0.2, 0.25) is 0 Å². The second kappa shape index (κ2) is 8.52. The fourth-order valence-electron chi connectivity index (χ4n) is 3.88. The molecule has 0 spiro atoms. The zero-order valence-corrected chi connectivity index (χ0v) is 16.6. The maximum atomic E-state index is 14.1. The highest BCUT2D eigenvalue weighted by Gasteiger charge is 2.42. The minimum atomic E-state index is -1.04. The van der Waals surface area contributed by atoms with E-state index >= 15 is 0 Å². The lowest BCUT2D eigenvalue weighted by Crippen LogP contribution is -2.57. The van der Waals surface area contributed by atoms with E-state index in [0.717, 1.165) is 5.56 Å². The first-order chi connectivity index (χ1) is 14.6. The first-order valence-corrected chi connectivity index (χ1v) is 9.84. The summed E-state index contributed by atoms with van der Waals surface area (Å²) in [4.78, 5) is 33.7. The number of para-hydroxylation sites is 1. The summed E-state index contributed by atoms with van der Waals surface area (Å²) in [6, 6.07) is 15.3. The molecule has 2 aliphatic rings. The Kier molecular flexibility index (Phi) is 5.65. The van der Waals surface area contributed by atoms with Crippen LogP contribution in [0.15, 0.2) is 59.6 Å². The van der Waals surface area contributed by atoms with Crippen molar-refractivity contribution in [3.63, 3.8) is 0 Å². The number of hydrogen-bond acceptors (Lipinski definition) is 6. The van der Waals surface area contributed by atoms with Crippen LogP contribution < -0.4 is 10.2 Å². The molecule has 2 heterocycles. The summed E-state index contributed by atoms with van der Waals surface area (Å²) in [5, 5.41) is 2.76. The van der Waals surface area contributed by atoms with Gasteiger partial charge in [0.25, 0.3) is 0 Å². The highest BCUT2D eigenvalue weighted by atomic mass is 19.1. The normalized spacial score (nSPS) is 21.7. The molecule has 0 radical (unpaired) electrons. The quantitative estimate of drug-likeness (QED) is 0.619. The highest BCUT2D eigenvalue weighted by Crippen LogP contribution is 2.31. The Morgan fingerprint density at radius 2 is 1.67 bits per heavy atom. The number of guanidine groups is 1.